The zero-order chi connectivity index (χ0) is 36.8. The Morgan fingerprint density at radius 1 is 0.333 bits per heavy atom. The quantitative estimate of drug-likeness (QED) is 0.161. The van der Waals surface area contributed by atoms with Crippen LogP contribution in [0.15, 0.2) is 182 Å². The van der Waals surface area contributed by atoms with Crippen LogP contribution in [0.5, 0.6) is 0 Å². The van der Waals surface area contributed by atoms with Gasteiger partial charge in [-0.15, -0.1) is 0 Å². The lowest BCUT2D eigenvalue weighted by molar-refractivity contribution is 1.16. The molecule has 9 aromatic rings. The lowest BCUT2D eigenvalue weighted by atomic mass is 9.87. The van der Waals surface area contributed by atoms with Gasteiger partial charge in [-0.2, -0.15) is 0 Å². The first-order valence-corrected chi connectivity index (χ1v) is 18.8. The van der Waals surface area contributed by atoms with Gasteiger partial charge in [-0.25, -0.2) is 0 Å². The van der Waals surface area contributed by atoms with Crippen molar-refractivity contribution in [3.05, 3.63) is 204 Å². The van der Waals surface area contributed by atoms with Gasteiger partial charge < -0.3 is 9.47 Å². The molecule has 0 bridgehead atoms. The highest BCUT2D eigenvalue weighted by Gasteiger charge is 2.18. The predicted octanol–water partition coefficient (Wildman–Crippen LogP) is 14.5. The average Bonchev–Trinajstić information content (AvgIpc) is 3.54. The molecule has 0 saturated heterocycles. The average molecular weight is 695 g/mol. The summed E-state index contributed by atoms with van der Waals surface area (Å²) >= 11 is 0. The molecule has 8 aromatic carbocycles. The fourth-order valence-corrected chi connectivity index (χ4v) is 8.45. The third kappa shape index (κ3) is 5.87. The Hall–Kier alpha value is -6.64. The van der Waals surface area contributed by atoms with E-state index < -0.39 is 0 Å². The molecule has 0 fully saturated rings. The molecule has 2 nitrogen and oxygen atoms in total. The fraction of sp³-hybridized carbons (Fsp3) is 0.0769. The molecule has 0 spiro atoms. The van der Waals surface area contributed by atoms with Crippen molar-refractivity contribution in [3.8, 4) is 39.1 Å². The van der Waals surface area contributed by atoms with Crippen molar-refractivity contribution in [2.24, 2.45) is 0 Å². The van der Waals surface area contributed by atoms with E-state index in [1.807, 2.05) is 0 Å². The second-order valence-corrected chi connectivity index (χ2v) is 14.4. The van der Waals surface area contributed by atoms with Crippen LogP contribution in [0.3, 0.4) is 0 Å². The van der Waals surface area contributed by atoms with Gasteiger partial charge in [-0.1, -0.05) is 121 Å². The number of rotatable bonds is 7. The first-order valence-electron chi connectivity index (χ1n) is 18.8. The molecular weight excluding hydrogens is 653 g/mol. The Morgan fingerprint density at radius 3 is 1.20 bits per heavy atom. The first kappa shape index (κ1) is 33.2. The van der Waals surface area contributed by atoms with E-state index in [2.05, 4.69) is 219 Å². The second kappa shape index (κ2) is 13.7. The van der Waals surface area contributed by atoms with Crippen LogP contribution in [0, 0.1) is 27.7 Å². The Morgan fingerprint density at radius 2 is 0.704 bits per heavy atom. The number of hydrogen-bond donors (Lipinski definition) is 0. The maximum absolute atomic E-state index is 2.42. The fourth-order valence-electron chi connectivity index (χ4n) is 8.45. The van der Waals surface area contributed by atoms with E-state index in [-0.39, 0.29) is 0 Å². The summed E-state index contributed by atoms with van der Waals surface area (Å²) in [5, 5.41) is 2.57. The number of aromatic nitrogens is 1. The Bertz CT molecular complexity index is 2670. The van der Waals surface area contributed by atoms with Crippen LogP contribution in [-0.2, 0) is 0 Å². The van der Waals surface area contributed by atoms with Crippen LogP contribution in [0.2, 0.25) is 0 Å². The van der Waals surface area contributed by atoms with Crippen LogP contribution in [-0.4, -0.2) is 4.57 Å². The van der Waals surface area contributed by atoms with Crippen molar-refractivity contribution >= 4 is 38.9 Å². The van der Waals surface area contributed by atoms with E-state index in [0.717, 1.165) is 17.1 Å². The van der Waals surface area contributed by atoms with Crippen LogP contribution in [0.4, 0.5) is 17.1 Å². The molecule has 0 radical (unpaired) electrons. The molecule has 0 aliphatic heterocycles. The van der Waals surface area contributed by atoms with Crippen molar-refractivity contribution in [2.45, 2.75) is 27.7 Å². The summed E-state index contributed by atoms with van der Waals surface area (Å²) < 4.78 is 2.42. The predicted molar refractivity (Wildman–Crippen MR) is 231 cm³/mol. The minimum absolute atomic E-state index is 1.12. The number of fused-ring (bicyclic) bond motifs is 3. The molecule has 0 N–H and O–H groups in total. The normalized spacial score (nSPS) is 11.3. The minimum Gasteiger partial charge on any atom is -0.311 e. The van der Waals surface area contributed by atoms with Gasteiger partial charge in [0.2, 0.25) is 0 Å². The topological polar surface area (TPSA) is 8.17 Å². The molecule has 1 aromatic heterocycles. The molecule has 54 heavy (non-hydrogen) atoms. The number of benzene rings is 8. The third-order valence-electron chi connectivity index (χ3n) is 10.8. The van der Waals surface area contributed by atoms with Gasteiger partial charge in [0, 0.05) is 33.5 Å². The van der Waals surface area contributed by atoms with Crippen molar-refractivity contribution in [1.82, 2.24) is 4.57 Å². The number of nitrogens with zero attached hydrogens (tertiary/aromatic N) is 2. The van der Waals surface area contributed by atoms with Crippen LogP contribution in [0.25, 0.3) is 60.9 Å². The molecule has 1 heterocycles. The minimum atomic E-state index is 1.12. The first-order chi connectivity index (χ1) is 26.4. The van der Waals surface area contributed by atoms with Crippen LogP contribution >= 0.6 is 0 Å². The lowest BCUT2D eigenvalue weighted by Gasteiger charge is -2.26. The molecule has 0 amide bonds. The van der Waals surface area contributed by atoms with Crippen molar-refractivity contribution in [1.29, 1.82) is 0 Å². The number of para-hydroxylation sites is 3. The van der Waals surface area contributed by atoms with E-state index in [9.17, 15) is 0 Å². The SMILES string of the molecule is Cc1cc(-c2ccc(N(c3ccccc3)c3ccc(-c4ccccc4)cc3)cc2)cc(C)c1-c1c(C)cc(-n2c3ccccc3c3ccccc32)cc1C. The van der Waals surface area contributed by atoms with E-state index in [0.29, 0.717) is 0 Å². The highest BCUT2D eigenvalue weighted by atomic mass is 15.1. The zero-order valence-electron chi connectivity index (χ0n) is 31.2. The van der Waals surface area contributed by atoms with Gasteiger partial charge >= 0.3 is 0 Å². The van der Waals surface area contributed by atoms with Gasteiger partial charge in [-0.3, -0.25) is 0 Å². The van der Waals surface area contributed by atoms with Crippen molar-refractivity contribution in [2.75, 3.05) is 4.90 Å². The second-order valence-electron chi connectivity index (χ2n) is 14.4. The Labute approximate surface area is 318 Å². The standard InChI is InChI=1S/C52H42N2/c1-35-31-42(41-25-29-45(30-26-41)53(43-17-9-6-10-18-43)44-27-23-40(24-28-44)39-15-7-5-8-16-39)32-36(2)51(35)52-37(3)33-46(34-38(52)4)54-49-21-13-11-19-47(49)48-20-12-14-22-50(48)54/h5-34H,1-4H3. The van der Waals surface area contributed by atoms with Crippen molar-refractivity contribution in [3.63, 3.8) is 0 Å². The van der Waals surface area contributed by atoms with Gasteiger partial charge in [0.1, 0.15) is 0 Å². The summed E-state index contributed by atoms with van der Waals surface area (Å²) in [5.74, 6) is 0. The smallest absolute Gasteiger partial charge is 0.0541 e. The third-order valence-corrected chi connectivity index (χ3v) is 10.8. The van der Waals surface area contributed by atoms with E-state index in [4.69, 9.17) is 0 Å². The monoisotopic (exact) mass is 694 g/mol. The summed E-state index contributed by atoms with van der Waals surface area (Å²) in [6.07, 6.45) is 0. The summed E-state index contributed by atoms with van der Waals surface area (Å²) in [7, 11) is 0. The number of anilines is 3. The summed E-state index contributed by atoms with van der Waals surface area (Å²) in [6.45, 7) is 9.05. The van der Waals surface area contributed by atoms with E-state index >= 15 is 0 Å². The Balaban J connectivity index is 1.05. The zero-order valence-corrected chi connectivity index (χ0v) is 31.2. The molecule has 9 rings (SSSR count). The molecule has 2 heteroatoms. The molecule has 0 aliphatic rings. The summed E-state index contributed by atoms with van der Waals surface area (Å²) in [4.78, 5) is 2.33. The molecular formula is C52H42N2. The largest absolute Gasteiger partial charge is 0.311 e. The molecule has 0 atom stereocenters. The van der Waals surface area contributed by atoms with E-state index in [1.165, 1.54) is 83.1 Å². The van der Waals surface area contributed by atoms with Crippen LogP contribution < -0.4 is 4.90 Å². The summed E-state index contributed by atoms with van der Waals surface area (Å²) in [5.41, 5.74) is 19.7. The molecule has 0 aliphatic carbocycles. The molecule has 0 saturated carbocycles. The molecule has 0 unspecified atom stereocenters. The lowest BCUT2D eigenvalue weighted by Crippen LogP contribution is -2.09. The maximum Gasteiger partial charge on any atom is 0.0541 e. The van der Waals surface area contributed by atoms with Gasteiger partial charge in [-0.05, 0) is 144 Å². The highest BCUT2D eigenvalue weighted by Crippen LogP contribution is 2.40. The maximum atomic E-state index is 2.42. The highest BCUT2D eigenvalue weighted by molar-refractivity contribution is 6.09. The van der Waals surface area contributed by atoms with Crippen LogP contribution in [0.1, 0.15) is 22.3 Å². The van der Waals surface area contributed by atoms with Gasteiger partial charge in [0.25, 0.3) is 0 Å². The summed E-state index contributed by atoms with van der Waals surface area (Å²) in [6, 6.07) is 65.9. The van der Waals surface area contributed by atoms with E-state index in [1.54, 1.807) is 0 Å². The molecule has 260 valence electrons. The van der Waals surface area contributed by atoms with Gasteiger partial charge in [0.15, 0.2) is 0 Å². The van der Waals surface area contributed by atoms with Gasteiger partial charge in [0.05, 0.1) is 11.0 Å². The number of hydrogen-bond acceptors (Lipinski definition) is 1. The Kier molecular flexibility index (Phi) is 8.44. The van der Waals surface area contributed by atoms with Crippen molar-refractivity contribution < 1.29 is 0 Å². The number of aryl methyl sites for hydroxylation is 4.